The zero-order chi connectivity index (χ0) is 16.4. The van der Waals surface area contributed by atoms with Crippen LogP contribution in [0.5, 0.6) is 0 Å². The number of amides is 1. The van der Waals surface area contributed by atoms with Gasteiger partial charge in [0.1, 0.15) is 0 Å². The van der Waals surface area contributed by atoms with Gasteiger partial charge in [-0.2, -0.15) is 0 Å². The molecule has 24 heavy (non-hydrogen) atoms. The van der Waals surface area contributed by atoms with Gasteiger partial charge in [-0.1, -0.05) is 25.0 Å². The van der Waals surface area contributed by atoms with Gasteiger partial charge in [0, 0.05) is 18.7 Å². The molecule has 4 heteroatoms. The van der Waals surface area contributed by atoms with Crippen molar-refractivity contribution in [1.29, 1.82) is 0 Å². The molecule has 1 aromatic heterocycles. The zero-order valence-corrected chi connectivity index (χ0v) is 13.9. The van der Waals surface area contributed by atoms with E-state index in [2.05, 4.69) is 14.9 Å². The van der Waals surface area contributed by atoms with Crippen LogP contribution in [-0.2, 0) is 4.79 Å². The number of piperidine rings is 1. The van der Waals surface area contributed by atoms with Crippen molar-refractivity contribution in [1.82, 2.24) is 14.9 Å². The summed E-state index contributed by atoms with van der Waals surface area (Å²) in [5, 5.41) is 0. The number of hydrogen-bond donors (Lipinski definition) is 0. The molecular weight excluding hydrogens is 298 g/mol. The van der Waals surface area contributed by atoms with Gasteiger partial charge in [-0.3, -0.25) is 9.78 Å². The summed E-state index contributed by atoms with van der Waals surface area (Å²) >= 11 is 0. The third-order valence-corrected chi connectivity index (χ3v) is 5.39. The second-order valence-corrected chi connectivity index (χ2v) is 6.90. The van der Waals surface area contributed by atoms with Gasteiger partial charge in [-0.25, -0.2) is 4.98 Å². The number of para-hydroxylation sites is 2. The summed E-state index contributed by atoms with van der Waals surface area (Å²) in [6.07, 6.45) is 12.7. The lowest BCUT2D eigenvalue weighted by Gasteiger charge is -2.43. The van der Waals surface area contributed by atoms with Gasteiger partial charge in [-0.15, -0.1) is 0 Å². The molecule has 2 heterocycles. The van der Waals surface area contributed by atoms with Crippen molar-refractivity contribution in [2.24, 2.45) is 5.92 Å². The highest BCUT2D eigenvalue weighted by atomic mass is 16.2. The quantitative estimate of drug-likeness (QED) is 0.790. The van der Waals surface area contributed by atoms with Crippen LogP contribution in [0.4, 0.5) is 0 Å². The van der Waals surface area contributed by atoms with E-state index in [1.165, 1.54) is 32.1 Å². The van der Waals surface area contributed by atoms with Crippen LogP contribution in [0.25, 0.3) is 17.1 Å². The van der Waals surface area contributed by atoms with E-state index in [0.29, 0.717) is 12.0 Å². The number of fused-ring (bicyclic) bond motifs is 2. The molecule has 0 N–H and O–H groups in total. The highest BCUT2D eigenvalue weighted by Crippen LogP contribution is 2.35. The predicted molar refractivity (Wildman–Crippen MR) is 95.3 cm³/mol. The lowest BCUT2D eigenvalue weighted by atomic mass is 9.78. The zero-order valence-electron chi connectivity index (χ0n) is 13.9. The van der Waals surface area contributed by atoms with E-state index in [-0.39, 0.29) is 5.91 Å². The first-order valence-electron chi connectivity index (χ1n) is 9.02. The van der Waals surface area contributed by atoms with Crippen LogP contribution in [-0.4, -0.2) is 33.4 Å². The Morgan fingerprint density at radius 1 is 1.08 bits per heavy atom. The fraction of sp³-hybridized carbons (Fsp3) is 0.450. The average molecular weight is 321 g/mol. The molecule has 2 aliphatic rings. The molecule has 0 spiro atoms. The van der Waals surface area contributed by atoms with E-state index < -0.39 is 0 Å². The predicted octanol–water partition coefficient (Wildman–Crippen LogP) is 3.82. The van der Waals surface area contributed by atoms with E-state index in [0.717, 1.165) is 29.7 Å². The van der Waals surface area contributed by atoms with Crippen LogP contribution in [0, 0.1) is 5.92 Å². The van der Waals surface area contributed by atoms with Gasteiger partial charge in [0.15, 0.2) is 0 Å². The van der Waals surface area contributed by atoms with E-state index in [1.54, 1.807) is 18.3 Å². The Labute approximate surface area is 142 Å². The summed E-state index contributed by atoms with van der Waals surface area (Å²) in [5.74, 6) is 0.840. The van der Waals surface area contributed by atoms with E-state index in [4.69, 9.17) is 0 Å². The summed E-state index contributed by atoms with van der Waals surface area (Å²) in [7, 11) is 0. The number of rotatable bonds is 2. The number of aromatic nitrogens is 2. The molecule has 0 bridgehead atoms. The topological polar surface area (TPSA) is 46.1 Å². The van der Waals surface area contributed by atoms with Crippen molar-refractivity contribution < 1.29 is 4.79 Å². The Bertz CT molecular complexity index is 768. The summed E-state index contributed by atoms with van der Waals surface area (Å²) in [6.45, 7) is 0.897. The minimum absolute atomic E-state index is 0.126. The average Bonchev–Trinajstić information content (AvgIpc) is 2.65. The first kappa shape index (κ1) is 15.3. The molecule has 1 aromatic carbocycles. The maximum absolute atomic E-state index is 12.7. The molecule has 124 valence electrons. The SMILES string of the molecule is O=C(/C=C/c1cnc2ccccc2n1)N1CCCC2CCCCC21. The number of carbonyl (C=O) groups is 1. The Balaban J connectivity index is 1.50. The number of likely N-dealkylation sites (tertiary alicyclic amines) is 1. The molecule has 2 unspecified atom stereocenters. The van der Waals surface area contributed by atoms with Gasteiger partial charge >= 0.3 is 0 Å². The maximum atomic E-state index is 12.7. The minimum atomic E-state index is 0.126. The molecule has 4 rings (SSSR count). The summed E-state index contributed by atoms with van der Waals surface area (Å²) in [5.41, 5.74) is 2.47. The lowest BCUT2D eigenvalue weighted by molar-refractivity contribution is -0.132. The molecule has 2 aromatic rings. The van der Waals surface area contributed by atoms with Crippen LogP contribution in [0.2, 0.25) is 0 Å². The third kappa shape index (κ3) is 3.05. The number of carbonyl (C=O) groups excluding carboxylic acids is 1. The fourth-order valence-electron chi connectivity index (χ4n) is 4.20. The molecule has 2 atom stereocenters. The Morgan fingerprint density at radius 2 is 1.88 bits per heavy atom. The highest BCUT2D eigenvalue weighted by Gasteiger charge is 2.34. The van der Waals surface area contributed by atoms with Gasteiger partial charge in [-0.05, 0) is 49.8 Å². The number of benzene rings is 1. The number of nitrogens with zero attached hydrogens (tertiary/aromatic N) is 3. The van der Waals surface area contributed by atoms with Crippen LogP contribution in [0.3, 0.4) is 0 Å². The van der Waals surface area contributed by atoms with Crippen LogP contribution in [0.15, 0.2) is 36.5 Å². The van der Waals surface area contributed by atoms with Crippen LogP contribution in [0.1, 0.15) is 44.2 Å². The summed E-state index contributed by atoms with van der Waals surface area (Å²) in [4.78, 5) is 23.7. The van der Waals surface area contributed by atoms with Crippen molar-refractivity contribution in [2.45, 2.75) is 44.6 Å². The van der Waals surface area contributed by atoms with Gasteiger partial charge in [0.2, 0.25) is 5.91 Å². The van der Waals surface area contributed by atoms with E-state index in [1.807, 2.05) is 24.3 Å². The second kappa shape index (κ2) is 6.71. The summed E-state index contributed by atoms with van der Waals surface area (Å²) < 4.78 is 0. The van der Waals surface area contributed by atoms with Gasteiger partial charge < -0.3 is 4.90 Å². The van der Waals surface area contributed by atoms with Crippen LogP contribution >= 0.6 is 0 Å². The van der Waals surface area contributed by atoms with Crippen molar-refractivity contribution in [3.8, 4) is 0 Å². The Kier molecular flexibility index (Phi) is 4.28. The molecule has 1 aliphatic carbocycles. The third-order valence-electron chi connectivity index (χ3n) is 5.39. The number of hydrogen-bond acceptors (Lipinski definition) is 3. The Hall–Kier alpha value is -2.23. The van der Waals surface area contributed by atoms with E-state index >= 15 is 0 Å². The van der Waals surface area contributed by atoms with Crippen molar-refractivity contribution in [2.75, 3.05) is 6.54 Å². The highest BCUT2D eigenvalue weighted by molar-refractivity contribution is 5.92. The van der Waals surface area contributed by atoms with Gasteiger partial charge in [0.05, 0.1) is 22.9 Å². The largest absolute Gasteiger partial charge is 0.336 e. The molecular formula is C20H23N3O. The molecule has 0 radical (unpaired) electrons. The molecule has 4 nitrogen and oxygen atoms in total. The Morgan fingerprint density at radius 3 is 2.79 bits per heavy atom. The van der Waals surface area contributed by atoms with Crippen molar-refractivity contribution in [3.05, 3.63) is 42.2 Å². The molecule has 1 amide bonds. The smallest absolute Gasteiger partial charge is 0.246 e. The van der Waals surface area contributed by atoms with Crippen molar-refractivity contribution in [3.63, 3.8) is 0 Å². The summed E-state index contributed by atoms with van der Waals surface area (Å²) in [6, 6.07) is 8.24. The van der Waals surface area contributed by atoms with Crippen LogP contribution < -0.4 is 0 Å². The first-order chi connectivity index (χ1) is 11.8. The van der Waals surface area contributed by atoms with Gasteiger partial charge in [0.25, 0.3) is 0 Å². The molecule has 2 fully saturated rings. The van der Waals surface area contributed by atoms with Crippen molar-refractivity contribution >= 4 is 23.0 Å². The minimum Gasteiger partial charge on any atom is -0.336 e. The maximum Gasteiger partial charge on any atom is 0.246 e. The fourth-order valence-corrected chi connectivity index (χ4v) is 4.20. The normalized spacial score (nSPS) is 24.2. The lowest BCUT2D eigenvalue weighted by Crippen LogP contribution is -2.49. The molecule has 1 saturated heterocycles. The monoisotopic (exact) mass is 321 g/mol. The second-order valence-electron chi connectivity index (χ2n) is 6.90. The molecule has 1 saturated carbocycles. The standard InChI is InChI=1S/C20H23N3O/c24-20(23-13-5-7-15-6-1-4-10-19(15)23)12-11-16-14-21-17-8-2-3-9-18(17)22-16/h2-3,8-9,11-12,14-15,19H,1,4-7,10,13H2/b12-11+. The molecule has 1 aliphatic heterocycles. The first-order valence-corrected chi connectivity index (χ1v) is 9.02. The van der Waals surface area contributed by atoms with E-state index in [9.17, 15) is 4.79 Å².